The summed E-state index contributed by atoms with van der Waals surface area (Å²) in [6.45, 7) is 7.88. The summed E-state index contributed by atoms with van der Waals surface area (Å²) >= 11 is 0. The second kappa shape index (κ2) is 6.21. The van der Waals surface area contributed by atoms with Gasteiger partial charge in [0.15, 0.2) is 0 Å². The van der Waals surface area contributed by atoms with Gasteiger partial charge in [-0.15, -0.1) is 0 Å². The molecule has 5 heteroatoms. The van der Waals surface area contributed by atoms with Gasteiger partial charge in [-0.25, -0.2) is 10.3 Å². The maximum absolute atomic E-state index is 11.8. The Kier molecular flexibility index (Phi) is 5.21. The molecule has 17 heavy (non-hydrogen) atoms. The van der Waals surface area contributed by atoms with Crippen molar-refractivity contribution in [3.8, 4) is 0 Å². The van der Waals surface area contributed by atoms with Gasteiger partial charge in [0.1, 0.15) is 5.60 Å². The molecule has 0 aromatic rings. The normalized spacial score (nSPS) is 18.2. The van der Waals surface area contributed by atoms with Crippen LogP contribution in [0.1, 0.15) is 33.6 Å². The van der Waals surface area contributed by atoms with E-state index in [-0.39, 0.29) is 6.09 Å². The minimum atomic E-state index is -0.414. The highest BCUT2D eigenvalue weighted by atomic mass is 16.6. The fraction of sp³-hybridized carbons (Fsp3) is 0.917. The number of piperidine rings is 1. The molecule has 1 heterocycles. The number of rotatable bonds is 3. The Morgan fingerprint density at radius 1 is 1.35 bits per heavy atom. The van der Waals surface area contributed by atoms with Crippen molar-refractivity contribution >= 4 is 6.09 Å². The lowest BCUT2D eigenvalue weighted by Gasteiger charge is -2.33. The second-order valence-electron chi connectivity index (χ2n) is 5.43. The molecule has 0 aliphatic carbocycles. The van der Waals surface area contributed by atoms with E-state index in [4.69, 9.17) is 9.57 Å². The lowest BCUT2D eigenvalue weighted by atomic mass is 9.98. The Labute approximate surface area is 103 Å². The molecule has 0 saturated carbocycles. The molecule has 1 rings (SSSR count). The Hall–Kier alpha value is -0.810. The van der Waals surface area contributed by atoms with Crippen LogP contribution in [0, 0.1) is 5.92 Å². The highest BCUT2D eigenvalue weighted by Gasteiger charge is 2.26. The van der Waals surface area contributed by atoms with Crippen LogP contribution >= 0.6 is 0 Å². The molecule has 0 unspecified atom stereocenters. The van der Waals surface area contributed by atoms with Crippen molar-refractivity contribution < 1.29 is 14.4 Å². The van der Waals surface area contributed by atoms with Gasteiger partial charge < -0.3 is 14.5 Å². The highest BCUT2D eigenvalue weighted by Crippen LogP contribution is 2.19. The van der Waals surface area contributed by atoms with Crippen LogP contribution in [0.4, 0.5) is 4.79 Å². The van der Waals surface area contributed by atoms with Gasteiger partial charge in [0, 0.05) is 20.1 Å². The van der Waals surface area contributed by atoms with Gasteiger partial charge in [0.05, 0.1) is 6.61 Å². The van der Waals surface area contributed by atoms with Gasteiger partial charge in [-0.1, -0.05) is 0 Å². The Morgan fingerprint density at radius 2 is 1.94 bits per heavy atom. The van der Waals surface area contributed by atoms with Crippen LogP contribution in [-0.4, -0.2) is 43.3 Å². The number of nitrogens with zero attached hydrogens (tertiary/aromatic N) is 1. The standard InChI is InChI=1S/C12H24N2O3/c1-12(2,3)17-11(15)14-7-5-10(6-8-14)9-16-13-4/h10,13H,5-9H2,1-4H3. The number of hydroxylamine groups is 1. The number of amides is 1. The summed E-state index contributed by atoms with van der Waals surface area (Å²) < 4.78 is 5.34. The zero-order valence-corrected chi connectivity index (χ0v) is 11.3. The van der Waals surface area contributed by atoms with E-state index in [2.05, 4.69) is 5.48 Å². The summed E-state index contributed by atoms with van der Waals surface area (Å²) in [6.07, 6.45) is 1.74. The van der Waals surface area contributed by atoms with Gasteiger partial charge >= 0.3 is 6.09 Å². The molecule has 100 valence electrons. The third-order valence-electron chi connectivity index (χ3n) is 2.73. The van der Waals surface area contributed by atoms with Crippen molar-refractivity contribution in [3.05, 3.63) is 0 Å². The van der Waals surface area contributed by atoms with Crippen molar-refractivity contribution in [1.29, 1.82) is 0 Å². The second-order valence-corrected chi connectivity index (χ2v) is 5.43. The average molecular weight is 244 g/mol. The number of hydrogen-bond acceptors (Lipinski definition) is 4. The van der Waals surface area contributed by atoms with Crippen LogP contribution in [0.15, 0.2) is 0 Å². The lowest BCUT2D eigenvalue weighted by Crippen LogP contribution is -2.42. The van der Waals surface area contributed by atoms with Crippen molar-refractivity contribution in [1.82, 2.24) is 10.4 Å². The SMILES string of the molecule is CNOCC1CCN(C(=O)OC(C)(C)C)CC1. The molecule has 0 aromatic carbocycles. The Morgan fingerprint density at radius 3 is 2.41 bits per heavy atom. The minimum absolute atomic E-state index is 0.203. The van der Waals surface area contributed by atoms with Gasteiger partial charge in [-0.3, -0.25) is 0 Å². The molecule has 0 radical (unpaired) electrons. The van der Waals surface area contributed by atoms with Crippen molar-refractivity contribution in [2.45, 2.75) is 39.2 Å². The number of nitrogens with one attached hydrogen (secondary N) is 1. The van der Waals surface area contributed by atoms with Crippen molar-refractivity contribution in [2.75, 3.05) is 26.7 Å². The molecular formula is C12H24N2O3. The molecule has 1 N–H and O–H groups in total. The predicted octanol–water partition coefficient (Wildman–Crippen LogP) is 1.78. The number of likely N-dealkylation sites (tertiary alicyclic amines) is 1. The molecule has 0 atom stereocenters. The maximum atomic E-state index is 11.8. The van der Waals surface area contributed by atoms with Crippen LogP contribution in [0.5, 0.6) is 0 Å². The van der Waals surface area contributed by atoms with Gasteiger partial charge in [-0.2, -0.15) is 0 Å². The summed E-state index contributed by atoms with van der Waals surface area (Å²) in [5.74, 6) is 0.529. The summed E-state index contributed by atoms with van der Waals surface area (Å²) in [6, 6.07) is 0. The van der Waals surface area contributed by atoms with Crippen LogP contribution in [0.3, 0.4) is 0 Å². The van der Waals surface area contributed by atoms with Crippen LogP contribution in [0.2, 0.25) is 0 Å². The molecule has 1 saturated heterocycles. The van der Waals surface area contributed by atoms with E-state index in [1.807, 2.05) is 20.8 Å². The number of carbonyl (C=O) groups excluding carboxylic acids is 1. The van der Waals surface area contributed by atoms with E-state index in [1.165, 1.54) is 0 Å². The summed E-state index contributed by atoms with van der Waals surface area (Å²) in [5, 5.41) is 0. The maximum Gasteiger partial charge on any atom is 0.410 e. The van der Waals surface area contributed by atoms with E-state index < -0.39 is 5.60 Å². The van der Waals surface area contributed by atoms with Gasteiger partial charge in [-0.05, 0) is 39.5 Å². The topological polar surface area (TPSA) is 50.8 Å². The largest absolute Gasteiger partial charge is 0.444 e. The minimum Gasteiger partial charge on any atom is -0.444 e. The highest BCUT2D eigenvalue weighted by molar-refractivity contribution is 5.68. The zero-order chi connectivity index (χ0) is 12.9. The fourth-order valence-corrected chi connectivity index (χ4v) is 1.81. The first kappa shape index (κ1) is 14.3. The first-order chi connectivity index (χ1) is 7.92. The lowest BCUT2D eigenvalue weighted by molar-refractivity contribution is -0.00170. The molecule has 1 aliphatic heterocycles. The molecular weight excluding hydrogens is 220 g/mol. The first-order valence-corrected chi connectivity index (χ1v) is 6.19. The predicted molar refractivity (Wildman–Crippen MR) is 65.5 cm³/mol. The summed E-state index contributed by atoms with van der Waals surface area (Å²) in [5.41, 5.74) is 2.26. The summed E-state index contributed by atoms with van der Waals surface area (Å²) in [7, 11) is 1.76. The summed E-state index contributed by atoms with van der Waals surface area (Å²) in [4.78, 5) is 18.7. The monoisotopic (exact) mass is 244 g/mol. The fourth-order valence-electron chi connectivity index (χ4n) is 1.81. The van der Waals surface area contributed by atoms with Crippen molar-refractivity contribution in [2.24, 2.45) is 5.92 Å². The van der Waals surface area contributed by atoms with E-state index in [9.17, 15) is 4.79 Å². The zero-order valence-electron chi connectivity index (χ0n) is 11.3. The van der Waals surface area contributed by atoms with E-state index >= 15 is 0 Å². The average Bonchev–Trinajstić information content (AvgIpc) is 2.24. The molecule has 0 bridgehead atoms. The molecule has 0 aromatic heterocycles. The number of ether oxygens (including phenoxy) is 1. The Balaban J connectivity index is 2.29. The van der Waals surface area contributed by atoms with Crippen LogP contribution in [-0.2, 0) is 9.57 Å². The first-order valence-electron chi connectivity index (χ1n) is 6.19. The smallest absolute Gasteiger partial charge is 0.410 e. The van der Waals surface area contributed by atoms with E-state index in [0.29, 0.717) is 12.5 Å². The van der Waals surface area contributed by atoms with E-state index in [1.54, 1.807) is 11.9 Å². The molecule has 5 nitrogen and oxygen atoms in total. The third-order valence-corrected chi connectivity index (χ3v) is 2.73. The van der Waals surface area contributed by atoms with Crippen LogP contribution in [0.25, 0.3) is 0 Å². The molecule has 1 fully saturated rings. The van der Waals surface area contributed by atoms with Gasteiger partial charge in [0.25, 0.3) is 0 Å². The number of hydrogen-bond donors (Lipinski definition) is 1. The third kappa shape index (κ3) is 5.37. The molecule has 1 amide bonds. The molecule has 0 spiro atoms. The number of carbonyl (C=O) groups is 1. The van der Waals surface area contributed by atoms with Gasteiger partial charge in [0.2, 0.25) is 0 Å². The van der Waals surface area contributed by atoms with Crippen LogP contribution < -0.4 is 5.48 Å². The Bertz CT molecular complexity index is 243. The van der Waals surface area contributed by atoms with Crippen molar-refractivity contribution in [3.63, 3.8) is 0 Å². The molecule has 1 aliphatic rings. The van der Waals surface area contributed by atoms with E-state index in [0.717, 1.165) is 25.9 Å². The quantitative estimate of drug-likeness (QED) is 0.769.